The Labute approximate surface area is 627 Å². The number of aromatic nitrogens is 4. The van der Waals surface area contributed by atoms with Crippen LogP contribution in [-0.4, -0.2) is 96.0 Å². The molecule has 1 aromatic carbocycles. The maximum Gasteiger partial charge on any atom is 0.328 e. The van der Waals surface area contributed by atoms with Crippen LogP contribution in [0.3, 0.4) is 0 Å². The molecule has 0 spiro atoms. The van der Waals surface area contributed by atoms with Crippen LogP contribution in [0, 0.1) is 11.3 Å². The second-order valence-electron chi connectivity index (χ2n) is 28.7. The molecule has 8 rings (SSSR count). The van der Waals surface area contributed by atoms with Crippen molar-refractivity contribution < 1.29 is 44.4 Å². The van der Waals surface area contributed by atoms with Gasteiger partial charge in [-0.1, -0.05) is 208 Å². The zero-order chi connectivity index (χ0) is 78.0. The Hall–Kier alpha value is -10.9. The monoisotopic (exact) mass is 1440 g/mol. The summed E-state index contributed by atoms with van der Waals surface area (Å²) in [6.45, 7) is 24.6. The number of rotatable bonds is 22. The number of hydrogen-bond acceptors (Lipinski definition) is 10. The molecule has 3 atom stereocenters. The van der Waals surface area contributed by atoms with Gasteiger partial charge in [0.05, 0.1) is 24.0 Å². The number of pyridine rings is 1. The van der Waals surface area contributed by atoms with E-state index in [1.54, 1.807) is 63.5 Å². The van der Waals surface area contributed by atoms with Crippen molar-refractivity contribution in [1.82, 2.24) is 35.9 Å². The van der Waals surface area contributed by atoms with Crippen LogP contribution in [0.1, 0.15) is 177 Å². The number of allylic oxidation sites excluding steroid dienone is 35. The highest BCUT2D eigenvalue weighted by molar-refractivity contribution is 5.97. The number of aliphatic hydroxyl groups is 2. The molecule has 17 heteroatoms. The molecule has 2 fully saturated rings. The molecule has 0 bridgehead atoms. The average Bonchev–Trinajstić information content (AvgIpc) is 0.916. The lowest BCUT2D eigenvalue weighted by Crippen LogP contribution is -2.31. The van der Waals surface area contributed by atoms with Gasteiger partial charge in [0.25, 0.3) is 5.56 Å². The maximum absolute atomic E-state index is 12.3. The van der Waals surface area contributed by atoms with Crippen LogP contribution in [0.15, 0.2) is 290 Å². The molecule has 4 aliphatic carbocycles. The van der Waals surface area contributed by atoms with E-state index in [9.17, 15) is 39.0 Å². The molecule has 8 N–H and O–H groups in total. The van der Waals surface area contributed by atoms with E-state index < -0.39 is 11.9 Å². The topological polar surface area (TPSA) is 268 Å². The fourth-order valence-electron chi connectivity index (χ4n) is 12.8. The van der Waals surface area contributed by atoms with E-state index in [1.807, 2.05) is 181 Å². The Morgan fingerprint density at radius 3 is 1.56 bits per heavy atom. The lowest BCUT2D eigenvalue weighted by Gasteiger charge is -2.36. The van der Waals surface area contributed by atoms with Gasteiger partial charge in [-0.25, -0.2) is 24.7 Å². The maximum atomic E-state index is 12.3. The number of carboxylic acid groups (broad SMARTS) is 2. The first-order valence-corrected chi connectivity index (χ1v) is 36.3. The SMILES string of the molecule is CC(/C=C/C1=C(O)CCC[C@]1(C)c1ccccc1)=C\C=C\C(C)=C\C(=O)O.CC(/C=C/C1=C(O)CCC[C@]1(C)c1ccncc1)=C\C=C\C(C)=C\C(=O)O.CC(/C=C/C1=CCCCC1C(=O)N(C)C)=C\C=C\C(C)=C\c1n[nH][nH]c1=O.CC(C=CC=C(C)C=C1CNC(=O)N1)=CC=C1C(=O)CCCC1(C)C. The van der Waals surface area contributed by atoms with Gasteiger partial charge in [0.15, 0.2) is 11.5 Å². The standard InChI is InChI=1S/C24H28O3.C23H27NO3.C21H28N4O2.C21H28N2O2/c1-18(9-7-10-19(2)17-23(26)27)14-15-21-22(25)13-8-16-24(21,3)20-11-5-4-6-12-20;1-17(6-4-7-18(2)16-22(26)27)9-10-20-21(25)8-5-13-23(20,3)19-11-14-24-15-12-19;1-15(8-7-9-16(2)14-19-20(26)23-24-22-19)12-13-17-10-5-6-11-18(17)21(27)25(3)4;1-15(10-11-18-19(24)9-6-12-21(18,3)4)7-5-8-16(2)13-17-14-22-20(25)23-17/h4-7,9-12,14-15,17,25H,8,13,16H2,1-3H3,(H,26,27);4,6-7,9-12,14-16,25H,5,8,13H2,1-3H3,(H,26,27);7-10,12-14,18H,5-6,11H2,1-4H3,(H2,22,23,24,26);5,7-8,10-11,13H,6,9,12,14H2,1-4H3,(H2,22,23,25)/b10-7+,15-14+,18-9+,19-17+;7-4+,10-9+,17-6+,18-16+;9-7+,13-12+,15-8+,16-14+;/t24-;23-;;/m11../s1. The quantitative estimate of drug-likeness (QED) is 0.0345. The number of nitrogens with one attached hydrogen (secondary N) is 4. The number of Topliss-reactive ketones (excluding diaryl/α,β-unsaturated/α-hetero) is 1. The second-order valence-corrected chi connectivity index (χ2v) is 28.7. The number of ketones is 1. The van der Waals surface area contributed by atoms with Crippen LogP contribution in [0.4, 0.5) is 4.79 Å². The van der Waals surface area contributed by atoms with Crippen molar-refractivity contribution in [2.24, 2.45) is 11.3 Å². The Bertz CT molecular complexity index is 4180. The molecule has 1 saturated carbocycles. The lowest BCUT2D eigenvalue weighted by molar-refractivity contribution is -0.132. The van der Waals surface area contributed by atoms with Gasteiger partial charge in [0, 0.05) is 80.0 Å². The third-order valence-electron chi connectivity index (χ3n) is 18.9. The average molecular weight is 1440 g/mol. The van der Waals surface area contributed by atoms with Gasteiger partial charge in [-0.3, -0.25) is 19.4 Å². The molecule has 3 aromatic rings. The number of hydrogen-bond donors (Lipinski definition) is 8. The molecular weight excluding hydrogens is 1330 g/mol. The smallest absolute Gasteiger partial charge is 0.328 e. The fraction of sp³-hybridized carbons (Fsp3) is 0.348. The molecule has 3 heterocycles. The highest BCUT2D eigenvalue weighted by Gasteiger charge is 2.37. The summed E-state index contributed by atoms with van der Waals surface area (Å²) >= 11 is 0. The van der Waals surface area contributed by atoms with Crippen molar-refractivity contribution in [3.05, 3.63) is 312 Å². The van der Waals surface area contributed by atoms with Gasteiger partial charge in [-0.05, 0) is 193 Å². The summed E-state index contributed by atoms with van der Waals surface area (Å²) in [5, 5.41) is 52.6. The summed E-state index contributed by atoms with van der Waals surface area (Å²) < 4.78 is 0. The van der Waals surface area contributed by atoms with Crippen LogP contribution in [0.5, 0.6) is 0 Å². The van der Waals surface area contributed by atoms with Gasteiger partial charge in [-0.15, -0.1) is 0 Å². The predicted molar refractivity (Wildman–Crippen MR) is 430 cm³/mol. The van der Waals surface area contributed by atoms with Crippen molar-refractivity contribution >= 4 is 35.7 Å². The Morgan fingerprint density at radius 1 is 0.575 bits per heavy atom. The van der Waals surface area contributed by atoms with Crippen LogP contribution in [0.25, 0.3) is 6.08 Å². The number of aliphatic carboxylic acids is 2. The minimum atomic E-state index is -0.951. The summed E-state index contributed by atoms with van der Waals surface area (Å²) in [6, 6.07) is 14.2. The number of aromatic amines is 2. The number of nitrogens with zero attached hydrogens (tertiary/aromatic N) is 3. The third-order valence-corrected chi connectivity index (χ3v) is 18.9. The Kier molecular flexibility index (Phi) is 34.6. The summed E-state index contributed by atoms with van der Waals surface area (Å²) in [4.78, 5) is 74.0. The zero-order valence-electron chi connectivity index (χ0n) is 64.5. The van der Waals surface area contributed by atoms with E-state index in [-0.39, 0.29) is 45.4 Å². The normalized spacial score (nSPS) is 21.9. The van der Waals surface area contributed by atoms with E-state index in [0.717, 1.165) is 125 Å². The van der Waals surface area contributed by atoms with Crippen molar-refractivity contribution in [3.8, 4) is 0 Å². The van der Waals surface area contributed by atoms with Gasteiger partial charge in [-0.2, -0.15) is 5.10 Å². The van der Waals surface area contributed by atoms with Crippen LogP contribution in [-0.2, 0) is 30.0 Å². The van der Waals surface area contributed by atoms with Gasteiger partial charge < -0.3 is 36.0 Å². The number of carbonyl (C=O) groups is 5. The number of aliphatic hydroxyl groups excluding tert-OH is 2. The number of urea groups is 1. The summed E-state index contributed by atoms with van der Waals surface area (Å²) in [6.07, 6.45) is 61.7. The second kappa shape index (κ2) is 42.7. The van der Waals surface area contributed by atoms with Crippen LogP contribution in [0.2, 0.25) is 0 Å². The van der Waals surface area contributed by atoms with Gasteiger partial charge in [0.2, 0.25) is 5.91 Å². The molecule has 106 heavy (non-hydrogen) atoms. The number of carbonyl (C=O) groups excluding carboxylic acids is 3. The fourth-order valence-corrected chi connectivity index (χ4v) is 12.8. The van der Waals surface area contributed by atoms with Crippen LogP contribution >= 0.6 is 0 Å². The van der Waals surface area contributed by atoms with E-state index in [1.165, 1.54) is 17.7 Å². The highest BCUT2D eigenvalue weighted by Crippen LogP contribution is 2.45. The van der Waals surface area contributed by atoms with E-state index >= 15 is 0 Å². The largest absolute Gasteiger partial charge is 0.512 e. The minimum absolute atomic E-state index is 0.0295. The molecule has 1 unspecified atom stereocenters. The Balaban J connectivity index is 0.000000254. The van der Waals surface area contributed by atoms with E-state index in [0.29, 0.717) is 54.2 Å². The molecule has 2 aromatic heterocycles. The molecule has 562 valence electrons. The molecule has 0 radical (unpaired) electrons. The number of H-pyrrole nitrogens is 2. The summed E-state index contributed by atoms with van der Waals surface area (Å²) in [5.74, 6) is -0.580. The van der Waals surface area contributed by atoms with Crippen LogP contribution < -0.4 is 16.2 Å². The van der Waals surface area contributed by atoms with Crippen molar-refractivity contribution in [2.75, 3.05) is 20.6 Å². The molecular formula is C89H111N7O10. The first kappa shape index (κ1) is 85.7. The molecule has 5 aliphatic rings. The molecule has 1 saturated heterocycles. The predicted octanol–water partition coefficient (Wildman–Crippen LogP) is 19.2. The zero-order valence-corrected chi connectivity index (χ0v) is 64.5. The summed E-state index contributed by atoms with van der Waals surface area (Å²) in [5.41, 5.74) is 14.4. The number of carboxylic acids is 2. The van der Waals surface area contributed by atoms with E-state index in [2.05, 4.69) is 83.0 Å². The lowest BCUT2D eigenvalue weighted by atomic mass is 9.68. The first-order chi connectivity index (χ1) is 50.3. The van der Waals surface area contributed by atoms with Crippen molar-refractivity contribution in [1.29, 1.82) is 0 Å². The Morgan fingerprint density at radius 2 is 1.07 bits per heavy atom. The number of amides is 3. The molecule has 1 aliphatic heterocycles. The van der Waals surface area contributed by atoms with Crippen molar-refractivity contribution in [2.45, 2.75) is 171 Å². The molecule has 3 amide bonds. The van der Waals surface area contributed by atoms with Crippen molar-refractivity contribution in [3.63, 3.8) is 0 Å². The minimum Gasteiger partial charge on any atom is -0.512 e. The van der Waals surface area contributed by atoms with Gasteiger partial charge in [0.1, 0.15) is 0 Å². The number of benzene rings is 1. The third kappa shape index (κ3) is 28.6. The first-order valence-electron chi connectivity index (χ1n) is 36.3. The highest BCUT2D eigenvalue weighted by atomic mass is 16.4. The molecule has 17 nitrogen and oxygen atoms in total. The summed E-state index contributed by atoms with van der Waals surface area (Å²) in [7, 11) is 3.61. The van der Waals surface area contributed by atoms with E-state index in [4.69, 9.17) is 10.2 Å². The van der Waals surface area contributed by atoms with Gasteiger partial charge >= 0.3 is 18.0 Å².